The molecule has 0 spiro atoms. The molecule has 2 aromatic rings. The number of rotatable bonds is 7. The number of carbonyl (C=O) groups is 1. The lowest BCUT2D eigenvalue weighted by molar-refractivity contribution is -0.117. The maximum atomic E-state index is 12.5. The van der Waals surface area contributed by atoms with Gasteiger partial charge in [0.15, 0.2) is 0 Å². The summed E-state index contributed by atoms with van der Waals surface area (Å²) < 4.78 is 0. The van der Waals surface area contributed by atoms with Gasteiger partial charge in [-0.1, -0.05) is 24.3 Å². The van der Waals surface area contributed by atoms with E-state index < -0.39 is 0 Å². The van der Waals surface area contributed by atoms with Crippen molar-refractivity contribution in [2.45, 2.75) is 11.4 Å². The van der Waals surface area contributed by atoms with Gasteiger partial charge in [0.25, 0.3) is 0 Å². The van der Waals surface area contributed by atoms with E-state index in [1.807, 2.05) is 48.5 Å². The zero-order valence-electron chi connectivity index (χ0n) is 16.2. The summed E-state index contributed by atoms with van der Waals surface area (Å²) in [5, 5.41) is 20.6. The van der Waals surface area contributed by atoms with Crippen LogP contribution in [0.1, 0.15) is 11.1 Å². The molecule has 1 saturated heterocycles. The van der Waals surface area contributed by atoms with Crippen LogP contribution in [0.5, 0.6) is 0 Å². The Balaban J connectivity index is 1.45. The predicted octanol–water partition coefficient (Wildman–Crippen LogP) is 2.93. The number of nitrogens with zero attached hydrogens (tertiary/aromatic N) is 4. The third kappa shape index (κ3) is 6.33. The van der Waals surface area contributed by atoms with Crippen molar-refractivity contribution >= 4 is 23.4 Å². The molecule has 0 bridgehead atoms. The second-order valence-corrected chi connectivity index (χ2v) is 7.87. The molecule has 3 rings (SSSR count). The Hall–Kier alpha value is -2.84. The molecule has 0 radical (unpaired) electrons. The normalized spacial score (nSPS) is 14.7. The molecule has 1 heterocycles. The number of amides is 1. The van der Waals surface area contributed by atoms with E-state index in [-0.39, 0.29) is 5.91 Å². The summed E-state index contributed by atoms with van der Waals surface area (Å²) in [5.41, 5.74) is 2.64. The topological polar surface area (TPSA) is 83.2 Å². The first-order chi connectivity index (χ1) is 14.2. The van der Waals surface area contributed by atoms with Crippen LogP contribution < -0.4 is 5.32 Å². The van der Waals surface area contributed by atoms with E-state index in [1.54, 1.807) is 0 Å². The molecule has 0 aromatic heterocycles. The summed E-state index contributed by atoms with van der Waals surface area (Å²) in [4.78, 5) is 17.9. The van der Waals surface area contributed by atoms with E-state index in [0.29, 0.717) is 17.9 Å². The minimum atomic E-state index is -0.0319. The van der Waals surface area contributed by atoms with E-state index >= 15 is 0 Å². The lowest BCUT2D eigenvalue weighted by atomic mass is 10.1. The van der Waals surface area contributed by atoms with Gasteiger partial charge in [0.05, 0.1) is 35.7 Å². The molecular weight excluding hydrogens is 382 g/mol. The van der Waals surface area contributed by atoms with Crippen LogP contribution >= 0.6 is 11.8 Å². The van der Waals surface area contributed by atoms with Crippen LogP contribution in [0.4, 0.5) is 5.69 Å². The number of nitriles is 2. The molecule has 148 valence electrons. The molecule has 1 aliphatic heterocycles. The lowest BCUT2D eigenvalue weighted by Crippen LogP contribution is -2.48. The fourth-order valence-corrected chi connectivity index (χ4v) is 3.92. The summed E-state index contributed by atoms with van der Waals surface area (Å²) >= 11 is 1.42. The first-order valence-electron chi connectivity index (χ1n) is 9.50. The Morgan fingerprint density at radius 3 is 2.38 bits per heavy atom. The van der Waals surface area contributed by atoms with Gasteiger partial charge in [-0.2, -0.15) is 10.5 Å². The quantitative estimate of drug-likeness (QED) is 0.713. The van der Waals surface area contributed by atoms with Crippen molar-refractivity contribution in [1.29, 1.82) is 10.5 Å². The average molecular weight is 406 g/mol. The highest BCUT2D eigenvalue weighted by atomic mass is 32.2. The van der Waals surface area contributed by atoms with E-state index in [2.05, 4.69) is 27.3 Å². The van der Waals surface area contributed by atoms with Gasteiger partial charge in [-0.15, -0.1) is 11.8 Å². The molecule has 0 unspecified atom stereocenters. The van der Waals surface area contributed by atoms with Gasteiger partial charge in [0, 0.05) is 37.6 Å². The van der Waals surface area contributed by atoms with Crippen molar-refractivity contribution in [2.24, 2.45) is 0 Å². The number of anilines is 1. The molecule has 0 atom stereocenters. The summed E-state index contributed by atoms with van der Waals surface area (Å²) in [6, 6.07) is 19.5. The van der Waals surface area contributed by atoms with E-state index in [0.717, 1.165) is 43.3 Å². The molecule has 1 amide bonds. The van der Waals surface area contributed by atoms with Crippen molar-refractivity contribution in [1.82, 2.24) is 9.80 Å². The second-order valence-electron chi connectivity index (χ2n) is 6.85. The molecule has 6 nitrogen and oxygen atoms in total. The smallest absolute Gasteiger partial charge is 0.238 e. The van der Waals surface area contributed by atoms with Crippen LogP contribution in [-0.2, 0) is 11.3 Å². The van der Waals surface area contributed by atoms with Crippen LogP contribution in [-0.4, -0.2) is 54.2 Å². The summed E-state index contributed by atoms with van der Waals surface area (Å²) in [6.45, 7) is 4.71. The monoisotopic (exact) mass is 405 g/mol. The van der Waals surface area contributed by atoms with Crippen LogP contribution in [0.25, 0.3) is 0 Å². The molecule has 1 N–H and O–H groups in total. The number of thioether (sulfide) groups is 1. The summed E-state index contributed by atoms with van der Waals surface area (Å²) in [7, 11) is 0. The average Bonchev–Trinajstić information content (AvgIpc) is 2.75. The van der Waals surface area contributed by atoms with E-state index in [4.69, 9.17) is 10.5 Å². The zero-order valence-corrected chi connectivity index (χ0v) is 17.0. The molecule has 7 heteroatoms. The van der Waals surface area contributed by atoms with Crippen molar-refractivity contribution in [2.75, 3.05) is 43.8 Å². The van der Waals surface area contributed by atoms with Crippen molar-refractivity contribution in [3.8, 4) is 12.1 Å². The molecule has 0 aliphatic carbocycles. The van der Waals surface area contributed by atoms with Crippen molar-refractivity contribution in [3.63, 3.8) is 0 Å². The zero-order chi connectivity index (χ0) is 20.5. The third-order valence-corrected chi connectivity index (χ3v) is 5.72. The minimum Gasteiger partial charge on any atom is -0.324 e. The van der Waals surface area contributed by atoms with Gasteiger partial charge in [-0.3, -0.25) is 14.6 Å². The van der Waals surface area contributed by atoms with Crippen LogP contribution in [0.3, 0.4) is 0 Å². The van der Waals surface area contributed by atoms with Crippen LogP contribution in [0.15, 0.2) is 53.4 Å². The first kappa shape index (κ1) is 20.9. The SMILES string of the molecule is N#CCSc1ccccc1NC(=O)CN1CCN(Cc2ccc(C#N)cc2)CC1. The molecule has 1 aliphatic rings. The highest BCUT2D eigenvalue weighted by Crippen LogP contribution is 2.26. The van der Waals surface area contributed by atoms with Crippen LogP contribution in [0.2, 0.25) is 0 Å². The fraction of sp³-hybridized carbons (Fsp3) is 0.318. The lowest BCUT2D eigenvalue weighted by Gasteiger charge is -2.34. The molecular formula is C22H23N5OS. The first-order valence-corrected chi connectivity index (χ1v) is 10.5. The summed E-state index contributed by atoms with van der Waals surface area (Å²) in [6.07, 6.45) is 0. The Morgan fingerprint density at radius 2 is 1.69 bits per heavy atom. The third-order valence-electron chi connectivity index (χ3n) is 4.77. The maximum absolute atomic E-state index is 12.5. The van der Waals surface area contributed by atoms with Gasteiger partial charge in [0.2, 0.25) is 5.91 Å². The minimum absolute atomic E-state index is 0.0319. The Morgan fingerprint density at radius 1 is 1.00 bits per heavy atom. The van der Waals surface area contributed by atoms with E-state index in [9.17, 15) is 4.79 Å². The second kappa shape index (κ2) is 10.6. The van der Waals surface area contributed by atoms with Gasteiger partial charge in [-0.25, -0.2) is 0 Å². The maximum Gasteiger partial charge on any atom is 0.238 e. The molecule has 1 fully saturated rings. The van der Waals surface area contributed by atoms with Crippen molar-refractivity contribution in [3.05, 3.63) is 59.7 Å². The Bertz CT molecular complexity index is 908. The van der Waals surface area contributed by atoms with Gasteiger partial charge < -0.3 is 5.32 Å². The largest absolute Gasteiger partial charge is 0.324 e. The highest BCUT2D eigenvalue weighted by molar-refractivity contribution is 7.99. The fourth-order valence-electron chi connectivity index (χ4n) is 3.25. The number of piperazine rings is 1. The summed E-state index contributed by atoms with van der Waals surface area (Å²) in [5.74, 6) is 0.323. The standard InChI is InChI=1S/C22H23N5OS/c23-9-14-29-21-4-2-1-3-20(21)25-22(28)17-27-12-10-26(11-13-27)16-19-7-5-18(15-24)6-8-19/h1-8H,10-14,16-17H2,(H,25,28). The Labute approximate surface area is 175 Å². The van der Waals surface area contributed by atoms with E-state index in [1.165, 1.54) is 17.3 Å². The van der Waals surface area contributed by atoms with Crippen molar-refractivity contribution < 1.29 is 4.79 Å². The van der Waals surface area contributed by atoms with Gasteiger partial charge in [-0.05, 0) is 29.8 Å². The number of para-hydroxylation sites is 1. The number of nitrogens with one attached hydrogen (secondary N) is 1. The number of hydrogen-bond donors (Lipinski definition) is 1. The molecule has 2 aromatic carbocycles. The highest BCUT2D eigenvalue weighted by Gasteiger charge is 2.19. The Kier molecular flexibility index (Phi) is 7.66. The molecule has 29 heavy (non-hydrogen) atoms. The van der Waals surface area contributed by atoms with Gasteiger partial charge >= 0.3 is 0 Å². The van der Waals surface area contributed by atoms with Gasteiger partial charge in [0.1, 0.15) is 0 Å². The number of benzene rings is 2. The van der Waals surface area contributed by atoms with Crippen LogP contribution in [0, 0.1) is 22.7 Å². The number of hydrogen-bond acceptors (Lipinski definition) is 6. The molecule has 0 saturated carbocycles. The predicted molar refractivity (Wildman–Crippen MR) is 114 cm³/mol. The number of carbonyl (C=O) groups excluding carboxylic acids is 1.